The largest absolute Gasteiger partial charge is 0.450 e. The molecule has 1 aromatic carbocycles. The molecule has 6 heteroatoms. The minimum absolute atomic E-state index is 0.0854. The summed E-state index contributed by atoms with van der Waals surface area (Å²) < 4.78 is 5.46. The number of nitro benzene ring substituents is 1. The number of nitrogens with zero attached hydrogens (tertiary/aromatic N) is 3. The Hall–Kier alpha value is -2.94. The number of rotatable bonds is 3. The van der Waals surface area contributed by atoms with Gasteiger partial charge in [0.15, 0.2) is 0 Å². The molecule has 0 radical (unpaired) electrons. The molecule has 0 unspecified atom stereocenters. The number of aryl methyl sites for hydroxylation is 1. The monoisotopic (exact) mass is 255 g/mol. The summed E-state index contributed by atoms with van der Waals surface area (Å²) in [5.74, 6) is 0.473. The van der Waals surface area contributed by atoms with Gasteiger partial charge in [0.2, 0.25) is 5.75 Å². The zero-order chi connectivity index (χ0) is 13.8. The highest BCUT2D eigenvalue weighted by atomic mass is 16.6. The number of pyridine rings is 1. The lowest BCUT2D eigenvalue weighted by Crippen LogP contribution is -1.96. The van der Waals surface area contributed by atoms with Crippen LogP contribution in [0.5, 0.6) is 11.5 Å². The van der Waals surface area contributed by atoms with E-state index < -0.39 is 4.92 Å². The van der Waals surface area contributed by atoms with Crippen molar-refractivity contribution >= 4 is 5.69 Å². The van der Waals surface area contributed by atoms with Gasteiger partial charge in [0.05, 0.1) is 4.92 Å². The highest BCUT2D eigenvalue weighted by molar-refractivity contribution is 5.53. The lowest BCUT2D eigenvalue weighted by molar-refractivity contribution is -0.386. The average molecular weight is 255 g/mol. The number of para-hydroxylation sites is 1. The number of nitriles is 1. The SMILES string of the molecule is Cc1cccc(Oc2ccnc(C#N)c2)c1[N+](=O)[O-]. The fourth-order valence-electron chi connectivity index (χ4n) is 1.61. The van der Waals surface area contributed by atoms with Gasteiger partial charge < -0.3 is 4.74 Å². The minimum Gasteiger partial charge on any atom is -0.450 e. The number of aromatic nitrogens is 1. The van der Waals surface area contributed by atoms with E-state index >= 15 is 0 Å². The Morgan fingerprint density at radius 1 is 1.42 bits per heavy atom. The van der Waals surface area contributed by atoms with Gasteiger partial charge in [0.1, 0.15) is 17.5 Å². The van der Waals surface area contributed by atoms with Crippen LogP contribution in [-0.2, 0) is 0 Å². The summed E-state index contributed by atoms with van der Waals surface area (Å²) in [5, 5.41) is 19.8. The van der Waals surface area contributed by atoms with E-state index in [-0.39, 0.29) is 17.1 Å². The molecule has 1 heterocycles. The standard InChI is InChI=1S/C13H9N3O3/c1-9-3-2-4-12(13(9)16(17)18)19-11-5-6-15-10(7-11)8-14/h2-7H,1H3. The summed E-state index contributed by atoms with van der Waals surface area (Å²) in [6, 6.07) is 9.65. The average Bonchev–Trinajstić information content (AvgIpc) is 2.38. The predicted octanol–water partition coefficient (Wildman–Crippen LogP) is 2.96. The van der Waals surface area contributed by atoms with Crippen molar-refractivity contribution in [3.05, 3.63) is 57.9 Å². The van der Waals surface area contributed by atoms with Gasteiger partial charge >= 0.3 is 5.69 Å². The molecule has 1 aromatic heterocycles. The van der Waals surface area contributed by atoms with Crippen molar-refractivity contribution in [2.45, 2.75) is 6.92 Å². The number of hydrogen-bond donors (Lipinski definition) is 0. The smallest absolute Gasteiger partial charge is 0.314 e. The maximum Gasteiger partial charge on any atom is 0.314 e. The van der Waals surface area contributed by atoms with Crippen LogP contribution >= 0.6 is 0 Å². The molecule has 0 bridgehead atoms. The van der Waals surface area contributed by atoms with Crippen LogP contribution in [0.2, 0.25) is 0 Å². The fraction of sp³-hybridized carbons (Fsp3) is 0.0769. The molecule has 94 valence electrons. The maximum absolute atomic E-state index is 11.0. The van der Waals surface area contributed by atoms with Gasteiger partial charge in [-0.15, -0.1) is 0 Å². The third-order valence-corrected chi connectivity index (χ3v) is 2.46. The van der Waals surface area contributed by atoms with Gasteiger partial charge in [-0.1, -0.05) is 12.1 Å². The molecule has 0 saturated heterocycles. The maximum atomic E-state index is 11.0. The van der Waals surface area contributed by atoms with E-state index in [1.165, 1.54) is 24.4 Å². The normalized spacial score (nSPS) is 9.68. The van der Waals surface area contributed by atoms with Gasteiger partial charge in [0, 0.05) is 17.8 Å². The van der Waals surface area contributed by atoms with E-state index in [2.05, 4.69) is 4.98 Å². The van der Waals surface area contributed by atoms with Gasteiger partial charge in [-0.05, 0) is 19.1 Å². The second-order valence-electron chi connectivity index (χ2n) is 3.77. The molecule has 0 aliphatic carbocycles. The number of nitro groups is 1. The van der Waals surface area contributed by atoms with Gasteiger partial charge in [-0.25, -0.2) is 4.98 Å². The molecule has 0 aliphatic heterocycles. The fourth-order valence-corrected chi connectivity index (χ4v) is 1.61. The Bertz CT molecular complexity index is 677. The summed E-state index contributed by atoms with van der Waals surface area (Å²) in [5.41, 5.74) is 0.614. The first kappa shape index (κ1) is 12.5. The number of ether oxygens (including phenoxy) is 1. The lowest BCUT2D eigenvalue weighted by Gasteiger charge is -2.07. The Kier molecular flexibility index (Phi) is 3.39. The quantitative estimate of drug-likeness (QED) is 0.621. The van der Waals surface area contributed by atoms with Crippen molar-refractivity contribution in [2.24, 2.45) is 0 Å². The highest BCUT2D eigenvalue weighted by Gasteiger charge is 2.18. The van der Waals surface area contributed by atoms with Gasteiger partial charge in [-0.2, -0.15) is 5.26 Å². The molecule has 0 aliphatic rings. The minimum atomic E-state index is -0.489. The van der Waals surface area contributed by atoms with Crippen LogP contribution in [0.25, 0.3) is 0 Å². The molecule has 6 nitrogen and oxygen atoms in total. The number of benzene rings is 1. The summed E-state index contributed by atoms with van der Waals surface area (Å²) >= 11 is 0. The van der Waals surface area contributed by atoms with Crippen molar-refractivity contribution in [3.8, 4) is 17.6 Å². The molecule has 2 rings (SSSR count). The van der Waals surface area contributed by atoms with Crippen LogP contribution in [-0.4, -0.2) is 9.91 Å². The van der Waals surface area contributed by atoms with Crippen molar-refractivity contribution in [1.29, 1.82) is 5.26 Å². The molecule has 0 N–H and O–H groups in total. The Morgan fingerprint density at radius 2 is 2.21 bits per heavy atom. The topological polar surface area (TPSA) is 89.0 Å². The van der Waals surface area contributed by atoms with Crippen LogP contribution in [0.4, 0.5) is 5.69 Å². The van der Waals surface area contributed by atoms with Crippen LogP contribution in [0.3, 0.4) is 0 Å². The molecule has 0 spiro atoms. The Morgan fingerprint density at radius 3 is 2.89 bits per heavy atom. The Labute approximate surface area is 109 Å². The molecule has 0 fully saturated rings. The van der Waals surface area contributed by atoms with Gasteiger partial charge in [0.25, 0.3) is 0 Å². The summed E-state index contributed by atoms with van der Waals surface area (Å²) in [7, 11) is 0. The summed E-state index contributed by atoms with van der Waals surface area (Å²) in [4.78, 5) is 14.3. The van der Waals surface area contributed by atoms with Gasteiger partial charge in [-0.3, -0.25) is 10.1 Å². The van der Waals surface area contributed by atoms with E-state index in [9.17, 15) is 10.1 Å². The highest BCUT2D eigenvalue weighted by Crippen LogP contribution is 2.33. The Balaban J connectivity index is 2.41. The zero-order valence-corrected chi connectivity index (χ0v) is 10.0. The molecular weight excluding hydrogens is 246 g/mol. The lowest BCUT2D eigenvalue weighted by atomic mass is 10.2. The third-order valence-electron chi connectivity index (χ3n) is 2.46. The summed E-state index contributed by atoms with van der Waals surface area (Å²) in [6.07, 6.45) is 1.41. The van der Waals surface area contributed by atoms with Crippen molar-refractivity contribution in [1.82, 2.24) is 4.98 Å². The van der Waals surface area contributed by atoms with E-state index in [0.29, 0.717) is 11.3 Å². The first-order chi connectivity index (χ1) is 9.11. The number of hydrogen-bond acceptors (Lipinski definition) is 5. The van der Waals surface area contributed by atoms with E-state index in [1.807, 2.05) is 6.07 Å². The predicted molar refractivity (Wildman–Crippen MR) is 66.9 cm³/mol. The second kappa shape index (κ2) is 5.14. The van der Waals surface area contributed by atoms with Crippen LogP contribution in [0, 0.1) is 28.4 Å². The molecule has 2 aromatic rings. The van der Waals surface area contributed by atoms with E-state index in [4.69, 9.17) is 10.00 Å². The first-order valence-corrected chi connectivity index (χ1v) is 5.40. The molecule has 0 atom stereocenters. The first-order valence-electron chi connectivity index (χ1n) is 5.40. The third kappa shape index (κ3) is 2.66. The van der Waals surface area contributed by atoms with E-state index in [1.54, 1.807) is 19.1 Å². The molecule has 0 amide bonds. The van der Waals surface area contributed by atoms with Crippen LogP contribution in [0.15, 0.2) is 36.5 Å². The van der Waals surface area contributed by atoms with E-state index in [0.717, 1.165) is 0 Å². The summed E-state index contributed by atoms with van der Waals surface area (Å²) in [6.45, 7) is 1.64. The van der Waals surface area contributed by atoms with Crippen molar-refractivity contribution in [3.63, 3.8) is 0 Å². The van der Waals surface area contributed by atoms with Crippen LogP contribution < -0.4 is 4.74 Å². The van der Waals surface area contributed by atoms with Crippen LogP contribution in [0.1, 0.15) is 11.3 Å². The second-order valence-corrected chi connectivity index (χ2v) is 3.77. The van der Waals surface area contributed by atoms with Crippen molar-refractivity contribution in [2.75, 3.05) is 0 Å². The molecular formula is C13H9N3O3. The van der Waals surface area contributed by atoms with Crippen molar-refractivity contribution < 1.29 is 9.66 Å². The zero-order valence-electron chi connectivity index (χ0n) is 10.0. The molecule has 19 heavy (non-hydrogen) atoms. The molecule has 0 saturated carbocycles.